The van der Waals surface area contributed by atoms with Crippen LogP contribution in [0.4, 0.5) is 4.79 Å². The fourth-order valence-electron chi connectivity index (χ4n) is 1.51. The summed E-state index contributed by atoms with van der Waals surface area (Å²) in [5.74, 6) is -1.71. The molecular formula is C12H22N2O6. The van der Waals surface area contributed by atoms with Gasteiger partial charge in [0.05, 0.1) is 19.1 Å². The molecule has 0 aromatic heterocycles. The second-order valence-electron chi connectivity index (χ2n) is 4.72. The van der Waals surface area contributed by atoms with Crippen molar-refractivity contribution in [3.05, 3.63) is 0 Å². The van der Waals surface area contributed by atoms with E-state index in [9.17, 15) is 19.5 Å². The summed E-state index contributed by atoms with van der Waals surface area (Å²) in [5, 5.41) is 20.8. The van der Waals surface area contributed by atoms with Gasteiger partial charge in [-0.15, -0.1) is 0 Å². The Balaban J connectivity index is 4.45. The Morgan fingerprint density at radius 3 is 2.40 bits per heavy atom. The van der Waals surface area contributed by atoms with Crippen LogP contribution in [0.25, 0.3) is 0 Å². The van der Waals surface area contributed by atoms with E-state index in [0.29, 0.717) is 13.0 Å². The highest BCUT2D eigenvalue weighted by Gasteiger charge is 2.26. The molecule has 0 aliphatic heterocycles. The number of esters is 1. The molecule has 0 rings (SSSR count). The number of nitrogens with zero attached hydrogens (tertiary/aromatic N) is 1. The highest BCUT2D eigenvalue weighted by Crippen LogP contribution is 2.07. The van der Waals surface area contributed by atoms with Gasteiger partial charge in [0.15, 0.2) is 0 Å². The summed E-state index contributed by atoms with van der Waals surface area (Å²) >= 11 is 0. The second kappa shape index (κ2) is 8.36. The summed E-state index contributed by atoms with van der Waals surface area (Å²) in [7, 11) is 1.22. The molecule has 1 unspecified atom stereocenters. The minimum atomic E-state index is -1.55. The molecule has 0 spiro atoms. The van der Waals surface area contributed by atoms with Crippen molar-refractivity contribution in [1.82, 2.24) is 10.2 Å². The van der Waals surface area contributed by atoms with Gasteiger partial charge in [0.1, 0.15) is 6.54 Å². The van der Waals surface area contributed by atoms with Gasteiger partial charge in [0.2, 0.25) is 0 Å². The van der Waals surface area contributed by atoms with Crippen LogP contribution in [-0.4, -0.2) is 65.4 Å². The maximum absolute atomic E-state index is 11.9. The molecule has 0 aliphatic rings. The van der Waals surface area contributed by atoms with Gasteiger partial charge >= 0.3 is 18.0 Å². The normalized spacial score (nSPS) is 13.2. The number of carboxylic acids is 1. The van der Waals surface area contributed by atoms with Crippen LogP contribution in [0.3, 0.4) is 0 Å². The molecule has 8 nitrogen and oxygen atoms in total. The minimum absolute atomic E-state index is 0.197. The van der Waals surface area contributed by atoms with Crippen molar-refractivity contribution in [3.8, 4) is 0 Å². The third-order valence-corrected chi connectivity index (χ3v) is 2.48. The molecule has 3 N–H and O–H groups in total. The molecule has 0 heterocycles. The van der Waals surface area contributed by atoms with E-state index in [4.69, 9.17) is 5.11 Å². The number of hydrogen-bond acceptors (Lipinski definition) is 5. The van der Waals surface area contributed by atoms with E-state index in [2.05, 4.69) is 10.1 Å². The predicted molar refractivity (Wildman–Crippen MR) is 70.2 cm³/mol. The number of carboxylic acid groups (broad SMARTS) is 1. The Morgan fingerprint density at radius 1 is 1.35 bits per heavy atom. The second-order valence-corrected chi connectivity index (χ2v) is 4.72. The number of carbonyl (C=O) groups excluding carboxylic acids is 2. The fraction of sp³-hybridized carbons (Fsp3) is 0.750. The molecular weight excluding hydrogens is 268 g/mol. The van der Waals surface area contributed by atoms with Crippen molar-refractivity contribution in [3.63, 3.8) is 0 Å². The lowest BCUT2D eigenvalue weighted by Gasteiger charge is -2.25. The first-order valence-electron chi connectivity index (χ1n) is 6.25. The topological polar surface area (TPSA) is 116 Å². The van der Waals surface area contributed by atoms with E-state index in [1.54, 1.807) is 0 Å². The Kier molecular flexibility index (Phi) is 7.60. The van der Waals surface area contributed by atoms with Crippen molar-refractivity contribution in [2.24, 2.45) is 0 Å². The maximum Gasteiger partial charge on any atom is 0.325 e. The van der Waals surface area contributed by atoms with Crippen LogP contribution in [0, 0.1) is 0 Å². The number of urea groups is 1. The van der Waals surface area contributed by atoms with Gasteiger partial charge in [-0.3, -0.25) is 9.59 Å². The lowest BCUT2D eigenvalue weighted by atomic mass is 10.0. The van der Waals surface area contributed by atoms with Gasteiger partial charge in [0, 0.05) is 13.1 Å². The lowest BCUT2D eigenvalue weighted by molar-refractivity contribution is -0.142. The fourth-order valence-corrected chi connectivity index (χ4v) is 1.51. The third-order valence-electron chi connectivity index (χ3n) is 2.48. The van der Waals surface area contributed by atoms with Crippen LogP contribution in [0.5, 0.6) is 0 Å². The standard InChI is InChI=1S/C12H22N2O6/c1-4-5-14(7-10(17)20-3)11(18)13-8-12(2,19)6-9(15)16/h19H,4-8H2,1-3H3,(H,13,18)(H,15,16). The molecule has 1 atom stereocenters. The summed E-state index contributed by atoms with van der Waals surface area (Å²) in [5.41, 5.74) is -1.55. The van der Waals surface area contributed by atoms with E-state index in [1.165, 1.54) is 18.9 Å². The van der Waals surface area contributed by atoms with Crippen LogP contribution in [0.1, 0.15) is 26.7 Å². The van der Waals surface area contributed by atoms with E-state index in [-0.39, 0.29) is 13.1 Å². The van der Waals surface area contributed by atoms with Crippen LogP contribution >= 0.6 is 0 Å². The van der Waals surface area contributed by atoms with Gasteiger partial charge in [-0.25, -0.2) is 4.79 Å². The molecule has 0 saturated heterocycles. The largest absolute Gasteiger partial charge is 0.481 e. The predicted octanol–water partition coefficient (Wildman–Crippen LogP) is -0.193. The Hall–Kier alpha value is -1.83. The summed E-state index contributed by atoms with van der Waals surface area (Å²) in [6.07, 6.45) is 0.161. The summed E-state index contributed by atoms with van der Waals surface area (Å²) in [4.78, 5) is 34.8. The zero-order chi connectivity index (χ0) is 15.8. The van der Waals surface area contributed by atoms with Crippen LogP contribution < -0.4 is 5.32 Å². The molecule has 0 radical (unpaired) electrons. The zero-order valence-electron chi connectivity index (χ0n) is 12.0. The number of aliphatic hydroxyl groups is 1. The smallest absolute Gasteiger partial charge is 0.325 e. The summed E-state index contributed by atoms with van der Waals surface area (Å²) in [6, 6.07) is -0.553. The van der Waals surface area contributed by atoms with E-state index < -0.39 is 30.0 Å². The minimum Gasteiger partial charge on any atom is -0.481 e. The van der Waals surface area contributed by atoms with E-state index in [1.807, 2.05) is 6.92 Å². The van der Waals surface area contributed by atoms with Crippen molar-refractivity contribution in [2.75, 3.05) is 26.7 Å². The number of ether oxygens (including phenoxy) is 1. The van der Waals surface area contributed by atoms with Crippen molar-refractivity contribution in [2.45, 2.75) is 32.3 Å². The molecule has 0 aromatic carbocycles. The average Bonchev–Trinajstić information content (AvgIpc) is 2.33. The summed E-state index contributed by atoms with van der Waals surface area (Å²) in [6.45, 7) is 3.09. The first-order valence-corrected chi connectivity index (χ1v) is 6.25. The van der Waals surface area contributed by atoms with Gasteiger partial charge in [0.25, 0.3) is 0 Å². The summed E-state index contributed by atoms with van der Waals surface area (Å²) < 4.78 is 4.49. The highest BCUT2D eigenvalue weighted by molar-refractivity contribution is 5.81. The number of carbonyl (C=O) groups is 3. The Labute approximate surface area is 117 Å². The van der Waals surface area contributed by atoms with E-state index >= 15 is 0 Å². The molecule has 0 bridgehead atoms. The van der Waals surface area contributed by atoms with Crippen molar-refractivity contribution < 1.29 is 29.3 Å². The van der Waals surface area contributed by atoms with E-state index in [0.717, 1.165) is 0 Å². The maximum atomic E-state index is 11.9. The van der Waals surface area contributed by atoms with Crippen molar-refractivity contribution >= 4 is 18.0 Å². The molecule has 0 fully saturated rings. The van der Waals surface area contributed by atoms with Crippen LogP contribution in [0.15, 0.2) is 0 Å². The first-order chi connectivity index (χ1) is 9.21. The first kappa shape index (κ1) is 18.2. The van der Waals surface area contributed by atoms with Crippen molar-refractivity contribution in [1.29, 1.82) is 0 Å². The molecule has 0 aromatic rings. The van der Waals surface area contributed by atoms with Crippen LogP contribution in [-0.2, 0) is 14.3 Å². The quantitative estimate of drug-likeness (QED) is 0.533. The third kappa shape index (κ3) is 7.57. The highest BCUT2D eigenvalue weighted by atomic mass is 16.5. The number of amides is 2. The van der Waals surface area contributed by atoms with Gasteiger partial charge in [-0.2, -0.15) is 0 Å². The molecule has 2 amide bonds. The van der Waals surface area contributed by atoms with Crippen LogP contribution in [0.2, 0.25) is 0 Å². The zero-order valence-corrected chi connectivity index (χ0v) is 12.0. The number of nitrogens with one attached hydrogen (secondary N) is 1. The number of methoxy groups -OCH3 is 1. The average molecular weight is 290 g/mol. The molecule has 116 valence electrons. The molecule has 0 saturated carbocycles. The molecule has 8 heteroatoms. The van der Waals surface area contributed by atoms with Gasteiger partial charge < -0.3 is 25.2 Å². The number of hydrogen-bond donors (Lipinski definition) is 3. The van der Waals surface area contributed by atoms with Gasteiger partial charge in [-0.05, 0) is 13.3 Å². The van der Waals surface area contributed by atoms with Gasteiger partial charge in [-0.1, -0.05) is 6.92 Å². The molecule has 20 heavy (non-hydrogen) atoms. The lowest BCUT2D eigenvalue weighted by Crippen LogP contribution is -2.49. The molecule has 0 aliphatic carbocycles. The SMILES string of the molecule is CCCN(CC(=O)OC)C(=O)NCC(C)(O)CC(=O)O. The number of rotatable bonds is 8. The Bertz CT molecular complexity index is 356. The Morgan fingerprint density at radius 2 is 1.95 bits per heavy atom. The number of aliphatic carboxylic acids is 1. The monoisotopic (exact) mass is 290 g/mol.